The number of rotatable bonds is 3. The van der Waals surface area contributed by atoms with Gasteiger partial charge >= 0.3 is 5.97 Å². The smallest absolute Gasteiger partial charge is 0.373 e. The summed E-state index contributed by atoms with van der Waals surface area (Å²) in [4.78, 5) is 19.4. The van der Waals surface area contributed by atoms with Gasteiger partial charge in [-0.15, -0.1) is 11.8 Å². The van der Waals surface area contributed by atoms with Crippen molar-refractivity contribution >= 4 is 28.6 Å². The van der Waals surface area contributed by atoms with E-state index in [9.17, 15) is 4.79 Å². The number of thioether (sulfide) groups is 1. The predicted octanol–water partition coefficient (Wildman–Crippen LogP) is 2.60. The zero-order valence-electron chi connectivity index (χ0n) is 10.8. The van der Waals surface area contributed by atoms with Crippen molar-refractivity contribution in [3.05, 3.63) is 30.1 Å². The van der Waals surface area contributed by atoms with Gasteiger partial charge in [0.05, 0.1) is 5.52 Å². The molecule has 0 amide bonds. The van der Waals surface area contributed by atoms with Gasteiger partial charge in [0.15, 0.2) is 0 Å². The van der Waals surface area contributed by atoms with Gasteiger partial charge in [0, 0.05) is 23.8 Å². The fourth-order valence-electron chi connectivity index (χ4n) is 2.18. The predicted molar refractivity (Wildman–Crippen MR) is 76.2 cm³/mol. The van der Waals surface area contributed by atoms with E-state index in [0.29, 0.717) is 10.8 Å². The average molecular weight is 290 g/mol. The molecule has 20 heavy (non-hydrogen) atoms. The van der Waals surface area contributed by atoms with Gasteiger partial charge in [0.2, 0.25) is 5.82 Å². The van der Waals surface area contributed by atoms with Crippen molar-refractivity contribution in [1.82, 2.24) is 9.97 Å². The minimum absolute atomic E-state index is 0.141. The van der Waals surface area contributed by atoms with Crippen LogP contribution < -0.4 is 0 Å². The Morgan fingerprint density at radius 3 is 2.75 bits per heavy atom. The highest BCUT2D eigenvalue weighted by Crippen LogP contribution is 2.32. The number of para-hydroxylation sites is 1. The number of carbonyl (C=O) groups is 1. The van der Waals surface area contributed by atoms with Crippen LogP contribution in [0.3, 0.4) is 0 Å². The van der Waals surface area contributed by atoms with E-state index >= 15 is 0 Å². The van der Waals surface area contributed by atoms with Crippen LogP contribution in [0, 0.1) is 0 Å². The monoisotopic (exact) mass is 290 g/mol. The van der Waals surface area contributed by atoms with E-state index in [1.807, 2.05) is 24.3 Å². The second kappa shape index (κ2) is 5.76. The number of benzene rings is 1. The van der Waals surface area contributed by atoms with Crippen LogP contribution in [0.15, 0.2) is 29.3 Å². The van der Waals surface area contributed by atoms with Crippen LogP contribution in [0.25, 0.3) is 10.9 Å². The molecule has 1 N–H and O–H groups in total. The number of ether oxygens (including phenoxy) is 1. The number of hydrogen-bond donors (Lipinski definition) is 1. The van der Waals surface area contributed by atoms with Crippen molar-refractivity contribution in [2.75, 3.05) is 13.2 Å². The summed E-state index contributed by atoms with van der Waals surface area (Å²) in [6.45, 7) is 1.51. The van der Waals surface area contributed by atoms with Crippen molar-refractivity contribution in [3.63, 3.8) is 0 Å². The molecule has 0 bridgehead atoms. The van der Waals surface area contributed by atoms with Crippen molar-refractivity contribution in [2.24, 2.45) is 0 Å². The van der Waals surface area contributed by atoms with Crippen LogP contribution >= 0.6 is 11.8 Å². The molecule has 0 unspecified atom stereocenters. The fourth-order valence-corrected chi connectivity index (χ4v) is 3.37. The minimum atomic E-state index is -1.09. The zero-order valence-corrected chi connectivity index (χ0v) is 11.6. The summed E-state index contributed by atoms with van der Waals surface area (Å²) < 4.78 is 5.35. The van der Waals surface area contributed by atoms with Crippen LogP contribution in [0.4, 0.5) is 0 Å². The summed E-state index contributed by atoms with van der Waals surface area (Å²) in [5.74, 6) is -1.23. The Morgan fingerprint density at radius 1 is 1.25 bits per heavy atom. The van der Waals surface area contributed by atoms with Crippen LogP contribution in [-0.4, -0.2) is 39.5 Å². The molecule has 1 fully saturated rings. The number of carboxylic acid groups (broad SMARTS) is 1. The topological polar surface area (TPSA) is 72.3 Å². The maximum atomic E-state index is 11.1. The normalized spacial score (nSPS) is 16.4. The molecule has 2 aromatic rings. The number of hydrogen-bond acceptors (Lipinski definition) is 5. The molecule has 1 aliphatic rings. The second-order valence-electron chi connectivity index (χ2n) is 4.60. The molecule has 2 heterocycles. The molecule has 0 aliphatic carbocycles. The van der Waals surface area contributed by atoms with Gasteiger partial charge in [-0.2, -0.15) is 0 Å². The first-order valence-corrected chi connectivity index (χ1v) is 7.36. The Kier molecular flexibility index (Phi) is 3.84. The minimum Gasteiger partial charge on any atom is -0.475 e. The van der Waals surface area contributed by atoms with Crippen molar-refractivity contribution in [1.29, 1.82) is 0 Å². The third-order valence-electron chi connectivity index (χ3n) is 3.21. The first-order chi connectivity index (χ1) is 9.74. The molecule has 104 valence electrons. The largest absolute Gasteiger partial charge is 0.475 e. The maximum Gasteiger partial charge on any atom is 0.373 e. The Morgan fingerprint density at radius 2 is 2.00 bits per heavy atom. The molecular weight excluding hydrogens is 276 g/mol. The van der Waals surface area contributed by atoms with Gasteiger partial charge in [-0.3, -0.25) is 0 Å². The summed E-state index contributed by atoms with van der Waals surface area (Å²) >= 11 is 1.63. The number of nitrogens with zero attached hydrogens (tertiary/aromatic N) is 2. The summed E-state index contributed by atoms with van der Waals surface area (Å²) in [5, 5.41) is 11.2. The van der Waals surface area contributed by atoms with Gasteiger partial charge in [0.1, 0.15) is 5.03 Å². The van der Waals surface area contributed by atoms with Gasteiger partial charge in [0.25, 0.3) is 0 Å². The molecule has 0 radical (unpaired) electrons. The molecule has 0 atom stereocenters. The SMILES string of the molecule is O=C(O)c1nc(SC2CCOCC2)c2ccccc2n1. The van der Waals surface area contributed by atoms with E-state index in [1.165, 1.54) is 0 Å². The van der Waals surface area contributed by atoms with Crippen LogP contribution in [0.5, 0.6) is 0 Å². The van der Waals surface area contributed by atoms with Crippen LogP contribution in [-0.2, 0) is 4.74 Å². The summed E-state index contributed by atoms with van der Waals surface area (Å²) in [6, 6.07) is 7.52. The highest BCUT2D eigenvalue weighted by atomic mass is 32.2. The lowest BCUT2D eigenvalue weighted by atomic mass is 10.2. The summed E-state index contributed by atoms with van der Waals surface area (Å²) in [7, 11) is 0. The molecular formula is C14H14N2O3S. The van der Waals surface area contributed by atoms with E-state index in [1.54, 1.807) is 11.8 Å². The summed E-state index contributed by atoms with van der Waals surface area (Å²) in [6.07, 6.45) is 1.93. The first-order valence-electron chi connectivity index (χ1n) is 6.48. The van der Waals surface area contributed by atoms with E-state index in [0.717, 1.165) is 36.5 Å². The van der Waals surface area contributed by atoms with Crippen molar-refractivity contribution in [2.45, 2.75) is 23.1 Å². The molecule has 0 spiro atoms. The third-order valence-corrected chi connectivity index (χ3v) is 4.55. The number of carboxylic acids is 1. The second-order valence-corrected chi connectivity index (χ2v) is 5.89. The first kappa shape index (κ1) is 13.3. The van der Waals surface area contributed by atoms with Gasteiger partial charge < -0.3 is 9.84 Å². The molecule has 1 aliphatic heterocycles. The molecule has 6 heteroatoms. The molecule has 1 aromatic carbocycles. The average Bonchev–Trinajstić information content (AvgIpc) is 2.48. The molecule has 5 nitrogen and oxygen atoms in total. The Hall–Kier alpha value is -1.66. The third kappa shape index (κ3) is 2.76. The standard InChI is InChI=1S/C14H14N2O3S/c17-14(18)12-15-11-4-2-1-3-10(11)13(16-12)20-9-5-7-19-8-6-9/h1-4,9H,5-8H2,(H,17,18). The quantitative estimate of drug-likeness (QED) is 0.876. The lowest BCUT2D eigenvalue weighted by Gasteiger charge is -2.21. The van der Waals surface area contributed by atoms with Gasteiger partial charge in [-0.05, 0) is 18.9 Å². The summed E-state index contributed by atoms with van der Waals surface area (Å²) in [5.41, 5.74) is 0.675. The fraction of sp³-hybridized carbons (Fsp3) is 0.357. The van der Waals surface area contributed by atoms with E-state index < -0.39 is 5.97 Å². The Labute approximate surface area is 120 Å². The van der Waals surface area contributed by atoms with Crippen LogP contribution in [0.1, 0.15) is 23.5 Å². The highest BCUT2D eigenvalue weighted by molar-refractivity contribution is 8.00. The molecule has 0 saturated carbocycles. The van der Waals surface area contributed by atoms with Crippen molar-refractivity contribution in [3.8, 4) is 0 Å². The van der Waals surface area contributed by atoms with E-state index in [-0.39, 0.29) is 5.82 Å². The van der Waals surface area contributed by atoms with E-state index in [4.69, 9.17) is 9.84 Å². The number of fused-ring (bicyclic) bond motifs is 1. The number of aromatic nitrogens is 2. The van der Waals surface area contributed by atoms with Crippen LogP contribution in [0.2, 0.25) is 0 Å². The van der Waals surface area contributed by atoms with Gasteiger partial charge in [-0.25, -0.2) is 14.8 Å². The van der Waals surface area contributed by atoms with Gasteiger partial charge in [-0.1, -0.05) is 18.2 Å². The molecule has 3 rings (SSSR count). The highest BCUT2D eigenvalue weighted by Gasteiger charge is 2.19. The Balaban J connectivity index is 2.00. The zero-order chi connectivity index (χ0) is 13.9. The number of aromatic carboxylic acids is 1. The lowest BCUT2D eigenvalue weighted by Crippen LogP contribution is -2.18. The maximum absolute atomic E-state index is 11.1. The van der Waals surface area contributed by atoms with Crippen molar-refractivity contribution < 1.29 is 14.6 Å². The Bertz CT molecular complexity index is 641. The lowest BCUT2D eigenvalue weighted by molar-refractivity contribution is 0.0683. The molecule has 1 saturated heterocycles. The van der Waals surface area contributed by atoms with E-state index in [2.05, 4.69) is 9.97 Å². The molecule has 1 aromatic heterocycles.